The van der Waals surface area contributed by atoms with Crippen molar-refractivity contribution in [1.29, 1.82) is 0 Å². The zero-order valence-corrected chi connectivity index (χ0v) is 18.4. The summed E-state index contributed by atoms with van der Waals surface area (Å²) in [5, 5.41) is 6.78. The highest BCUT2D eigenvalue weighted by atomic mass is 16.2. The van der Waals surface area contributed by atoms with E-state index in [4.69, 9.17) is 4.99 Å². The molecule has 2 fully saturated rings. The maximum atomic E-state index is 12.1. The van der Waals surface area contributed by atoms with Crippen LogP contribution in [0, 0.1) is 5.92 Å². The lowest BCUT2D eigenvalue weighted by Gasteiger charge is -2.33. The first-order valence-electron chi connectivity index (χ1n) is 11.3. The van der Waals surface area contributed by atoms with Crippen LogP contribution in [0.25, 0.3) is 0 Å². The minimum atomic E-state index is 0.329. The molecule has 0 bridgehead atoms. The lowest BCUT2D eigenvalue weighted by atomic mass is 10.1. The van der Waals surface area contributed by atoms with Crippen molar-refractivity contribution in [2.24, 2.45) is 10.9 Å². The monoisotopic (exact) mass is 394 g/mol. The van der Waals surface area contributed by atoms with E-state index >= 15 is 0 Å². The van der Waals surface area contributed by atoms with Crippen LogP contribution in [-0.2, 0) is 4.79 Å². The average Bonchev–Trinajstić information content (AvgIpc) is 2.89. The summed E-state index contributed by atoms with van der Waals surface area (Å²) in [7, 11) is 2.20. The molecule has 7 nitrogen and oxygen atoms in total. The molecule has 7 heteroatoms. The average molecular weight is 395 g/mol. The molecule has 2 heterocycles. The molecule has 1 amide bonds. The van der Waals surface area contributed by atoms with Crippen molar-refractivity contribution in [2.45, 2.75) is 46.0 Å². The number of amides is 1. The third-order valence-electron chi connectivity index (χ3n) is 5.64. The maximum absolute atomic E-state index is 12.1. The van der Waals surface area contributed by atoms with Crippen molar-refractivity contribution in [3.8, 4) is 0 Å². The summed E-state index contributed by atoms with van der Waals surface area (Å²) in [4.78, 5) is 23.8. The number of likely N-dealkylation sites (tertiary alicyclic amines) is 1. The molecule has 1 atom stereocenters. The number of carbonyl (C=O) groups is 1. The van der Waals surface area contributed by atoms with Crippen LogP contribution in [0.3, 0.4) is 0 Å². The lowest BCUT2D eigenvalue weighted by Crippen LogP contribution is -2.46. The van der Waals surface area contributed by atoms with Crippen LogP contribution in [0.15, 0.2) is 4.99 Å². The molecular formula is C21H42N6O. The van der Waals surface area contributed by atoms with Crippen molar-refractivity contribution >= 4 is 11.9 Å². The Morgan fingerprint density at radius 1 is 1.11 bits per heavy atom. The van der Waals surface area contributed by atoms with Gasteiger partial charge in [-0.2, -0.15) is 0 Å². The molecule has 1 unspecified atom stereocenters. The number of rotatable bonds is 9. The van der Waals surface area contributed by atoms with Crippen LogP contribution in [0.5, 0.6) is 0 Å². The van der Waals surface area contributed by atoms with Crippen molar-refractivity contribution in [2.75, 3.05) is 72.5 Å². The normalized spacial score (nSPS) is 21.5. The van der Waals surface area contributed by atoms with Crippen LogP contribution in [0.1, 0.15) is 46.0 Å². The van der Waals surface area contributed by atoms with Crippen LogP contribution in [0.2, 0.25) is 0 Å². The fraction of sp³-hybridized carbons (Fsp3) is 0.905. The van der Waals surface area contributed by atoms with E-state index in [9.17, 15) is 4.79 Å². The molecule has 0 spiro atoms. The van der Waals surface area contributed by atoms with E-state index in [1.807, 2.05) is 4.90 Å². The topological polar surface area (TPSA) is 63.2 Å². The van der Waals surface area contributed by atoms with Crippen molar-refractivity contribution in [1.82, 2.24) is 25.3 Å². The van der Waals surface area contributed by atoms with Crippen LogP contribution < -0.4 is 10.6 Å². The van der Waals surface area contributed by atoms with Gasteiger partial charge >= 0.3 is 0 Å². The molecule has 28 heavy (non-hydrogen) atoms. The number of likely N-dealkylation sites (N-methyl/N-ethyl adjacent to an activating group) is 1. The van der Waals surface area contributed by atoms with E-state index < -0.39 is 0 Å². The van der Waals surface area contributed by atoms with E-state index in [2.05, 4.69) is 41.3 Å². The first-order chi connectivity index (χ1) is 13.6. The van der Waals surface area contributed by atoms with Crippen molar-refractivity contribution in [3.63, 3.8) is 0 Å². The van der Waals surface area contributed by atoms with Gasteiger partial charge in [-0.15, -0.1) is 0 Å². The van der Waals surface area contributed by atoms with Gasteiger partial charge in [0, 0.05) is 71.9 Å². The van der Waals surface area contributed by atoms with E-state index in [0.29, 0.717) is 11.8 Å². The summed E-state index contributed by atoms with van der Waals surface area (Å²) < 4.78 is 0. The first-order valence-corrected chi connectivity index (χ1v) is 11.3. The second kappa shape index (κ2) is 13.0. The maximum Gasteiger partial charge on any atom is 0.222 e. The number of nitrogens with one attached hydrogen (secondary N) is 2. The van der Waals surface area contributed by atoms with Crippen LogP contribution >= 0.6 is 0 Å². The van der Waals surface area contributed by atoms with Gasteiger partial charge in [-0.3, -0.25) is 9.79 Å². The summed E-state index contributed by atoms with van der Waals surface area (Å²) in [6.45, 7) is 14.5. The van der Waals surface area contributed by atoms with E-state index in [1.54, 1.807) is 0 Å². The van der Waals surface area contributed by atoms with Gasteiger partial charge in [-0.1, -0.05) is 13.3 Å². The third kappa shape index (κ3) is 8.78. The van der Waals surface area contributed by atoms with Gasteiger partial charge in [0.25, 0.3) is 0 Å². The predicted molar refractivity (Wildman–Crippen MR) is 117 cm³/mol. The lowest BCUT2D eigenvalue weighted by molar-refractivity contribution is -0.130. The van der Waals surface area contributed by atoms with Crippen LogP contribution in [-0.4, -0.2) is 99.1 Å². The minimum Gasteiger partial charge on any atom is -0.357 e. The molecule has 2 aliphatic rings. The number of carbonyl (C=O) groups excluding carboxylic acids is 1. The van der Waals surface area contributed by atoms with Gasteiger partial charge < -0.3 is 25.3 Å². The molecule has 2 aliphatic heterocycles. The van der Waals surface area contributed by atoms with Gasteiger partial charge in [0.2, 0.25) is 5.91 Å². The predicted octanol–water partition coefficient (Wildman–Crippen LogP) is 1.22. The quantitative estimate of drug-likeness (QED) is 0.350. The molecule has 2 rings (SSSR count). The Bertz CT molecular complexity index is 476. The number of hydrogen-bond donors (Lipinski definition) is 2. The molecule has 0 aromatic carbocycles. The van der Waals surface area contributed by atoms with E-state index in [-0.39, 0.29) is 0 Å². The Morgan fingerprint density at radius 2 is 1.89 bits per heavy atom. The van der Waals surface area contributed by atoms with Crippen molar-refractivity contribution in [3.05, 3.63) is 0 Å². The number of nitrogens with zero attached hydrogens (tertiary/aromatic N) is 4. The Hall–Kier alpha value is -1.34. The number of hydrogen-bond acceptors (Lipinski definition) is 4. The van der Waals surface area contributed by atoms with Gasteiger partial charge in [-0.05, 0) is 39.2 Å². The number of piperazine rings is 1. The molecule has 2 saturated heterocycles. The smallest absolute Gasteiger partial charge is 0.222 e. The first kappa shape index (κ1) is 22.9. The molecule has 162 valence electrons. The SMILES string of the molecule is CCNC(=NCC(C)CN1CCN(C)CC1)NCCCN1CCCCCC1=O. The molecule has 2 N–H and O–H groups in total. The van der Waals surface area contributed by atoms with Gasteiger partial charge in [0.1, 0.15) is 0 Å². The van der Waals surface area contributed by atoms with Gasteiger partial charge in [-0.25, -0.2) is 0 Å². The number of guanidine groups is 1. The third-order valence-corrected chi connectivity index (χ3v) is 5.64. The van der Waals surface area contributed by atoms with E-state index in [1.165, 1.54) is 19.5 Å². The minimum absolute atomic E-state index is 0.329. The Balaban J connectivity index is 1.67. The summed E-state index contributed by atoms with van der Waals surface area (Å²) in [6.07, 6.45) is 5.07. The number of aliphatic imine (C=N–C) groups is 1. The summed E-state index contributed by atoms with van der Waals surface area (Å²) in [5.74, 6) is 1.78. The second-order valence-corrected chi connectivity index (χ2v) is 8.40. The van der Waals surface area contributed by atoms with Crippen molar-refractivity contribution < 1.29 is 4.79 Å². The standard InChI is InChI=1S/C21H42N6O/c1-4-22-21(23-10-8-12-27-11-7-5-6-9-20(27)28)24-17-19(2)18-26-15-13-25(3)14-16-26/h19H,4-18H2,1-3H3,(H2,22,23,24). The van der Waals surface area contributed by atoms with Crippen LogP contribution in [0.4, 0.5) is 0 Å². The highest BCUT2D eigenvalue weighted by molar-refractivity contribution is 5.79. The Morgan fingerprint density at radius 3 is 2.64 bits per heavy atom. The fourth-order valence-corrected chi connectivity index (χ4v) is 3.87. The highest BCUT2D eigenvalue weighted by Crippen LogP contribution is 2.11. The summed E-state index contributed by atoms with van der Waals surface area (Å²) in [6, 6.07) is 0. The Labute approximate surface area is 171 Å². The van der Waals surface area contributed by atoms with E-state index in [0.717, 1.165) is 84.0 Å². The molecule has 0 saturated carbocycles. The fourth-order valence-electron chi connectivity index (χ4n) is 3.87. The molecule has 0 aromatic heterocycles. The molecule has 0 aliphatic carbocycles. The van der Waals surface area contributed by atoms with Gasteiger partial charge in [0.05, 0.1) is 0 Å². The highest BCUT2D eigenvalue weighted by Gasteiger charge is 2.17. The molecule has 0 radical (unpaired) electrons. The zero-order valence-electron chi connectivity index (χ0n) is 18.4. The largest absolute Gasteiger partial charge is 0.357 e. The molecular weight excluding hydrogens is 352 g/mol. The summed E-state index contributed by atoms with van der Waals surface area (Å²) in [5.41, 5.74) is 0. The molecule has 0 aromatic rings. The zero-order chi connectivity index (χ0) is 20.2. The van der Waals surface area contributed by atoms with Gasteiger partial charge in [0.15, 0.2) is 5.96 Å². The second-order valence-electron chi connectivity index (χ2n) is 8.40. The summed E-state index contributed by atoms with van der Waals surface area (Å²) >= 11 is 0. The Kier molecular flexibility index (Phi) is 10.6.